The number of pyridine rings is 1. The van der Waals surface area contributed by atoms with Gasteiger partial charge in [0.1, 0.15) is 11.4 Å². The van der Waals surface area contributed by atoms with Crippen LogP contribution in [0.5, 0.6) is 0 Å². The van der Waals surface area contributed by atoms with Gasteiger partial charge in [0.15, 0.2) is 0 Å². The highest BCUT2D eigenvalue weighted by Crippen LogP contribution is 2.49. The highest BCUT2D eigenvalue weighted by molar-refractivity contribution is 8.00. The first-order valence-electron chi connectivity index (χ1n) is 7.59. The van der Waals surface area contributed by atoms with Gasteiger partial charge in [-0.2, -0.15) is 5.10 Å². The number of amides is 1. The molecule has 0 unspecified atom stereocenters. The smallest absolute Gasteiger partial charge is 0.238 e. The SMILES string of the molecule is NCCn1nc2c3c(c(NC(=O)CN)ccc31)Sc1cccnc1-2. The van der Waals surface area contributed by atoms with Crippen molar-refractivity contribution in [3.63, 3.8) is 0 Å². The summed E-state index contributed by atoms with van der Waals surface area (Å²) in [4.78, 5) is 18.2. The van der Waals surface area contributed by atoms with Crippen molar-refractivity contribution in [1.82, 2.24) is 14.8 Å². The molecule has 4 rings (SSSR count). The number of hydrogen-bond donors (Lipinski definition) is 3. The number of nitrogens with two attached hydrogens (primary N) is 2. The molecule has 1 amide bonds. The number of carbonyl (C=O) groups excluding carboxylic acids is 1. The quantitative estimate of drug-likeness (QED) is 0.518. The fourth-order valence-electron chi connectivity index (χ4n) is 2.87. The minimum absolute atomic E-state index is 0.0560. The summed E-state index contributed by atoms with van der Waals surface area (Å²) in [6, 6.07) is 7.74. The van der Waals surface area contributed by atoms with E-state index in [-0.39, 0.29) is 12.5 Å². The van der Waals surface area contributed by atoms with Gasteiger partial charge in [-0.3, -0.25) is 14.5 Å². The number of benzene rings is 1. The Morgan fingerprint density at radius 3 is 2.92 bits per heavy atom. The van der Waals surface area contributed by atoms with E-state index in [0.29, 0.717) is 13.1 Å². The third-order valence-electron chi connectivity index (χ3n) is 3.88. The predicted octanol–water partition coefficient (Wildman–Crippen LogP) is 1.42. The summed E-state index contributed by atoms with van der Waals surface area (Å²) in [6.45, 7) is 1.07. The van der Waals surface area contributed by atoms with Gasteiger partial charge in [0.25, 0.3) is 0 Å². The molecule has 0 bridgehead atoms. The zero-order valence-corrected chi connectivity index (χ0v) is 13.6. The summed E-state index contributed by atoms with van der Waals surface area (Å²) in [5, 5.41) is 8.58. The van der Waals surface area contributed by atoms with Crippen LogP contribution in [0, 0.1) is 0 Å². The summed E-state index contributed by atoms with van der Waals surface area (Å²) < 4.78 is 1.90. The summed E-state index contributed by atoms with van der Waals surface area (Å²) >= 11 is 1.58. The summed E-state index contributed by atoms with van der Waals surface area (Å²) in [5.74, 6) is -0.223. The number of nitrogens with zero attached hydrogens (tertiary/aromatic N) is 3. The second kappa shape index (κ2) is 5.90. The molecular formula is C16H16N6OS. The van der Waals surface area contributed by atoms with Crippen LogP contribution in [-0.4, -0.2) is 33.8 Å². The van der Waals surface area contributed by atoms with E-state index in [1.165, 1.54) is 0 Å². The Balaban J connectivity index is 1.98. The monoisotopic (exact) mass is 340 g/mol. The Morgan fingerprint density at radius 1 is 1.25 bits per heavy atom. The lowest BCUT2D eigenvalue weighted by Crippen LogP contribution is -2.22. The molecule has 1 aromatic carbocycles. The van der Waals surface area contributed by atoms with E-state index in [2.05, 4.69) is 10.3 Å². The molecule has 1 aliphatic rings. The van der Waals surface area contributed by atoms with E-state index in [4.69, 9.17) is 16.6 Å². The van der Waals surface area contributed by atoms with E-state index in [0.717, 1.165) is 37.8 Å². The zero-order chi connectivity index (χ0) is 16.7. The second-order valence-electron chi connectivity index (χ2n) is 5.40. The van der Waals surface area contributed by atoms with E-state index in [1.54, 1.807) is 18.0 Å². The van der Waals surface area contributed by atoms with Crippen LogP contribution < -0.4 is 16.8 Å². The molecule has 122 valence electrons. The molecule has 2 aromatic heterocycles. The molecule has 3 aromatic rings. The van der Waals surface area contributed by atoms with Crippen molar-refractivity contribution in [3.8, 4) is 11.4 Å². The number of nitrogens with one attached hydrogen (secondary N) is 1. The van der Waals surface area contributed by atoms with Gasteiger partial charge in [0, 0.05) is 27.9 Å². The van der Waals surface area contributed by atoms with Gasteiger partial charge in [-0.25, -0.2) is 0 Å². The Bertz CT molecular complexity index is 951. The van der Waals surface area contributed by atoms with Crippen LogP contribution in [0.1, 0.15) is 0 Å². The second-order valence-corrected chi connectivity index (χ2v) is 6.45. The van der Waals surface area contributed by atoms with Crippen molar-refractivity contribution >= 4 is 34.3 Å². The molecule has 0 saturated carbocycles. The lowest BCUT2D eigenvalue weighted by Gasteiger charge is -2.17. The number of fused-ring (bicyclic) bond motifs is 2. The lowest BCUT2D eigenvalue weighted by atomic mass is 10.1. The predicted molar refractivity (Wildman–Crippen MR) is 93.8 cm³/mol. The van der Waals surface area contributed by atoms with Crippen molar-refractivity contribution in [1.29, 1.82) is 0 Å². The zero-order valence-electron chi connectivity index (χ0n) is 12.8. The fraction of sp³-hybridized carbons (Fsp3) is 0.188. The topological polar surface area (TPSA) is 112 Å². The average Bonchev–Trinajstić information content (AvgIpc) is 2.97. The molecule has 3 heterocycles. The molecule has 0 atom stereocenters. The van der Waals surface area contributed by atoms with Gasteiger partial charge >= 0.3 is 0 Å². The molecule has 8 heteroatoms. The van der Waals surface area contributed by atoms with Crippen molar-refractivity contribution in [2.75, 3.05) is 18.4 Å². The maximum Gasteiger partial charge on any atom is 0.238 e. The van der Waals surface area contributed by atoms with Gasteiger partial charge in [-0.15, -0.1) is 0 Å². The Hall–Kier alpha value is -2.42. The first-order valence-corrected chi connectivity index (χ1v) is 8.41. The van der Waals surface area contributed by atoms with Crippen molar-refractivity contribution in [2.45, 2.75) is 16.3 Å². The number of aromatic nitrogens is 3. The van der Waals surface area contributed by atoms with E-state index in [1.807, 2.05) is 28.9 Å². The standard InChI is InChI=1S/C16H16N6OS/c17-5-7-22-10-4-3-9(20-12(23)8-18)16-13(10)15(21-22)14-11(24-16)2-1-6-19-14/h1-4,6H,5,7-8,17-18H2,(H,20,23). The third kappa shape index (κ3) is 2.27. The Morgan fingerprint density at radius 2 is 2.12 bits per heavy atom. The Labute approximate surface area is 142 Å². The molecule has 24 heavy (non-hydrogen) atoms. The number of anilines is 1. The maximum absolute atomic E-state index is 11.7. The normalized spacial score (nSPS) is 12.2. The number of rotatable bonds is 4. The van der Waals surface area contributed by atoms with Crippen molar-refractivity contribution < 1.29 is 4.79 Å². The molecule has 0 fully saturated rings. The van der Waals surface area contributed by atoms with E-state index >= 15 is 0 Å². The number of hydrogen-bond acceptors (Lipinski definition) is 6. The van der Waals surface area contributed by atoms with Crippen LogP contribution in [0.15, 0.2) is 40.3 Å². The molecule has 5 N–H and O–H groups in total. The molecule has 0 spiro atoms. The Kier molecular flexibility index (Phi) is 3.72. The highest BCUT2D eigenvalue weighted by Gasteiger charge is 2.27. The van der Waals surface area contributed by atoms with Crippen molar-refractivity contribution in [2.24, 2.45) is 11.5 Å². The van der Waals surface area contributed by atoms with Crippen LogP contribution >= 0.6 is 11.8 Å². The summed E-state index contributed by atoms with van der Waals surface area (Å²) in [7, 11) is 0. The minimum Gasteiger partial charge on any atom is -0.329 e. The molecule has 0 aliphatic carbocycles. The largest absolute Gasteiger partial charge is 0.329 e. The molecule has 0 radical (unpaired) electrons. The van der Waals surface area contributed by atoms with Crippen molar-refractivity contribution in [3.05, 3.63) is 30.5 Å². The van der Waals surface area contributed by atoms with Crippen LogP contribution in [0.3, 0.4) is 0 Å². The van der Waals surface area contributed by atoms with Crippen LogP contribution in [-0.2, 0) is 11.3 Å². The highest BCUT2D eigenvalue weighted by atomic mass is 32.2. The van der Waals surface area contributed by atoms with Crippen LogP contribution in [0.2, 0.25) is 0 Å². The third-order valence-corrected chi connectivity index (χ3v) is 5.06. The number of carbonyl (C=O) groups is 1. The van der Waals surface area contributed by atoms with Crippen LogP contribution in [0.4, 0.5) is 5.69 Å². The van der Waals surface area contributed by atoms with Gasteiger partial charge in [0.05, 0.1) is 24.3 Å². The average molecular weight is 340 g/mol. The fourth-order valence-corrected chi connectivity index (χ4v) is 4.01. The minimum atomic E-state index is -0.223. The van der Waals surface area contributed by atoms with Gasteiger partial charge < -0.3 is 16.8 Å². The first-order chi connectivity index (χ1) is 11.7. The first kappa shape index (κ1) is 15.1. The van der Waals surface area contributed by atoms with Gasteiger partial charge in [-0.05, 0) is 24.3 Å². The van der Waals surface area contributed by atoms with E-state index in [9.17, 15) is 4.79 Å². The molecular weight excluding hydrogens is 324 g/mol. The van der Waals surface area contributed by atoms with Crippen LogP contribution in [0.25, 0.3) is 22.3 Å². The maximum atomic E-state index is 11.7. The van der Waals surface area contributed by atoms with Gasteiger partial charge in [-0.1, -0.05) is 11.8 Å². The molecule has 0 saturated heterocycles. The molecule has 1 aliphatic heterocycles. The summed E-state index contributed by atoms with van der Waals surface area (Å²) in [6.07, 6.45) is 1.76. The summed E-state index contributed by atoms with van der Waals surface area (Å²) in [5.41, 5.74) is 14.6. The lowest BCUT2D eigenvalue weighted by molar-refractivity contribution is -0.114. The molecule has 7 nitrogen and oxygen atoms in total. The van der Waals surface area contributed by atoms with Gasteiger partial charge in [0.2, 0.25) is 5.91 Å². The van der Waals surface area contributed by atoms with E-state index < -0.39 is 0 Å².